The van der Waals surface area contributed by atoms with Gasteiger partial charge in [-0.05, 0) is 18.9 Å². The number of hydrogen-bond donors (Lipinski definition) is 1. The smallest absolute Gasteiger partial charge is 0.125 e. The predicted molar refractivity (Wildman–Crippen MR) is 51.9 cm³/mol. The fourth-order valence-corrected chi connectivity index (χ4v) is 0.952. The molecule has 0 radical (unpaired) electrons. The standard InChI is InChI=1S/C9H13N3/c1-10-7-6-8-4-3-5-9(11-2)12-8/h3-5H,1,6-7H2,2H3,(H,11,12). The van der Waals surface area contributed by atoms with E-state index in [-0.39, 0.29) is 0 Å². The van der Waals surface area contributed by atoms with Crippen LogP contribution in [0.4, 0.5) is 5.82 Å². The van der Waals surface area contributed by atoms with E-state index in [4.69, 9.17) is 0 Å². The number of aromatic nitrogens is 1. The SMILES string of the molecule is C=NCCc1cccc(NC)n1. The average Bonchev–Trinajstić information content (AvgIpc) is 2.15. The highest BCUT2D eigenvalue weighted by molar-refractivity contribution is 5.34. The third-order valence-electron chi connectivity index (χ3n) is 1.59. The van der Waals surface area contributed by atoms with Gasteiger partial charge in [-0.3, -0.25) is 0 Å². The highest BCUT2D eigenvalue weighted by Crippen LogP contribution is 2.03. The highest BCUT2D eigenvalue weighted by Gasteiger charge is 1.94. The summed E-state index contributed by atoms with van der Waals surface area (Å²) in [5.41, 5.74) is 1.05. The van der Waals surface area contributed by atoms with Gasteiger partial charge in [0.05, 0.1) is 0 Å². The number of nitrogens with one attached hydrogen (secondary N) is 1. The molecule has 1 aromatic heterocycles. The van der Waals surface area contributed by atoms with Crippen molar-refractivity contribution in [3.63, 3.8) is 0 Å². The van der Waals surface area contributed by atoms with Gasteiger partial charge in [-0.1, -0.05) is 6.07 Å². The maximum absolute atomic E-state index is 4.33. The lowest BCUT2D eigenvalue weighted by Crippen LogP contribution is -1.97. The summed E-state index contributed by atoms with van der Waals surface area (Å²) in [6.07, 6.45) is 0.860. The van der Waals surface area contributed by atoms with Crippen molar-refractivity contribution in [1.29, 1.82) is 0 Å². The van der Waals surface area contributed by atoms with Crippen LogP contribution in [0.15, 0.2) is 23.2 Å². The number of pyridine rings is 1. The maximum atomic E-state index is 4.33. The Kier molecular flexibility index (Phi) is 3.26. The summed E-state index contributed by atoms with van der Waals surface area (Å²) in [5, 5.41) is 2.99. The molecule has 0 spiro atoms. The van der Waals surface area contributed by atoms with Crippen molar-refractivity contribution in [3.8, 4) is 0 Å². The minimum Gasteiger partial charge on any atom is -0.373 e. The second-order valence-corrected chi connectivity index (χ2v) is 2.46. The quantitative estimate of drug-likeness (QED) is 0.680. The van der Waals surface area contributed by atoms with Crippen LogP contribution in [0.1, 0.15) is 5.69 Å². The zero-order valence-corrected chi connectivity index (χ0v) is 7.25. The fraction of sp³-hybridized carbons (Fsp3) is 0.333. The van der Waals surface area contributed by atoms with Crippen molar-refractivity contribution in [1.82, 2.24) is 4.98 Å². The van der Waals surface area contributed by atoms with E-state index < -0.39 is 0 Å². The molecule has 0 unspecified atom stereocenters. The summed E-state index contributed by atoms with van der Waals surface area (Å²) in [5.74, 6) is 0.900. The number of aliphatic imine (C=N–C) groups is 1. The van der Waals surface area contributed by atoms with Crippen LogP contribution in [0.3, 0.4) is 0 Å². The van der Waals surface area contributed by atoms with Gasteiger partial charge in [0.1, 0.15) is 5.82 Å². The van der Waals surface area contributed by atoms with E-state index in [1.165, 1.54) is 0 Å². The van der Waals surface area contributed by atoms with Gasteiger partial charge < -0.3 is 10.3 Å². The Morgan fingerprint density at radius 1 is 1.58 bits per heavy atom. The molecule has 3 heteroatoms. The van der Waals surface area contributed by atoms with Gasteiger partial charge >= 0.3 is 0 Å². The molecule has 3 nitrogen and oxygen atoms in total. The Bertz CT molecular complexity index is 258. The zero-order valence-electron chi connectivity index (χ0n) is 7.25. The van der Waals surface area contributed by atoms with Crippen LogP contribution < -0.4 is 5.32 Å². The van der Waals surface area contributed by atoms with E-state index >= 15 is 0 Å². The summed E-state index contributed by atoms with van der Waals surface area (Å²) in [4.78, 5) is 8.11. The predicted octanol–water partition coefficient (Wildman–Crippen LogP) is 1.37. The molecule has 0 aliphatic heterocycles. The van der Waals surface area contributed by atoms with Gasteiger partial charge in [0.25, 0.3) is 0 Å². The molecule has 0 fully saturated rings. The van der Waals surface area contributed by atoms with Crippen LogP contribution in [-0.2, 0) is 6.42 Å². The molecule has 1 heterocycles. The van der Waals surface area contributed by atoms with E-state index in [0.29, 0.717) is 0 Å². The first-order valence-electron chi connectivity index (χ1n) is 3.93. The second kappa shape index (κ2) is 4.49. The number of rotatable bonds is 4. The Balaban J connectivity index is 2.65. The fourth-order valence-electron chi connectivity index (χ4n) is 0.952. The third kappa shape index (κ3) is 2.34. The zero-order chi connectivity index (χ0) is 8.81. The molecular formula is C9H13N3. The van der Waals surface area contributed by atoms with Crippen LogP contribution in [-0.4, -0.2) is 25.3 Å². The summed E-state index contributed by atoms with van der Waals surface area (Å²) in [6.45, 7) is 4.16. The van der Waals surface area contributed by atoms with Gasteiger partial charge in [-0.2, -0.15) is 0 Å². The first kappa shape index (κ1) is 8.71. The molecule has 0 aliphatic carbocycles. The summed E-state index contributed by atoms with van der Waals surface area (Å²) in [6, 6.07) is 5.91. The Morgan fingerprint density at radius 3 is 3.08 bits per heavy atom. The van der Waals surface area contributed by atoms with E-state index in [1.54, 1.807) is 0 Å². The van der Waals surface area contributed by atoms with Gasteiger partial charge in [0.15, 0.2) is 0 Å². The molecule has 0 aliphatic rings. The molecule has 0 atom stereocenters. The number of nitrogens with zero attached hydrogens (tertiary/aromatic N) is 2. The van der Waals surface area contributed by atoms with Crippen molar-refractivity contribution in [2.45, 2.75) is 6.42 Å². The number of hydrogen-bond acceptors (Lipinski definition) is 3. The van der Waals surface area contributed by atoms with E-state index in [2.05, 4.69) is 22.0 Å². The van der Waals surface area contributed by atoms with Gasteiger partial charge in [0.2, 0.25) is 0 Å². The topological polar surface area (TPSA) is 37.3 Å². The first-order chi connectivity index (χ1) is 5.86. The second-order valence-electron chi connectivity index (χ2n) is 2.46. The van der Waals surface area contributed by atoms with Crippen molar-refractivity contribution in [3.05, 3.63) is 23.9 Å². The molecular weight excluding hydrogens is 150 g/mol. The van der Waals surface area contributed by atoms with Crippen LogP contribution in [0.5, 0.6) is 0 Å². The molecule has 0 amide bonds. The minimum atomic E-state index is 0.736. The molecule has 0 saturated heterocycles. The van der Waals surface area contributed by atoms with Gasteiger partial charge in [-0.15, -0.1) is 0 Å². The Morgan fingerprint density at radius 2 is 2.42 bits per heavy atom. The lowest BCUT2D eigenvalue weighted by Gasteiger charge is -2.01. The van der Waals surface area contributed by atoms with Crippen LogP contribution in [0.2, 0.25) is 0 Å². The van der Waals surface area contributed by atoms with Gasteiger partial charge in [0, 0.05) is 25.7 Å². The van der Waals surface area contributed by atoms with Crippen molar-refractivity contribution < 1.29 is 0 Å². The molecule has 0 bridgehead atoms. The van der Waals surface area contributed by atoms with Crippen molar-refractivity contribution in [2.24, 2.45) is 4.99 Å². The largest absolute Gasteiger partial charge is 0.373 e. The Labute approximate surface area is 72.6 Å². The molecule has 1 N–H and O–H groups in total. The van der Waals surface area contributed by atoms with Gasteiger partial charge in [-0.25, -0.2) is 4.98 Å². The molecule has 64 valence electrons. The summed E-state index contributed by atoms with van der Waals surface area (Å²) >= 11 is 0. The van der Waals surface area contributed by atoms with E-state index in [1.807, 2.05) is 25.2 Å². The first-order valence-corrected chi connectivity index (χ1v) is 3.93. The third-order valence-corrected chi connectivity index (χ3v) is 1.59. The maximum Gasteiger partial charge on any atom is 0.125 e. The van der Waals surface area contributed by atoms with Crippen LogP contribution in [0, 0.1) is 0 Å². The van der Waals surface area contributed by atoms with E-state index in [9.17, 15) is 0 Å². The van der Waals surface area contributed by atoms with Crippen molar-refractivity contribution in [2.75, 3.05) is 18.9 Å². The van der Waals surface area contributed by atoms with Crippen molar-refractivity contribution >= 4 is 12.5 Å². The highest BCUT2D eigenvalue weighted by atomic mass is 15.0. The summed E-state index contributed by atoms with van der Waals surface area (Å²) in [7, 11) is 1.86. The molecule has 0 aromatic carbocycles. The van der Waals surface area contributed by atoms with E-state index in [0.717, 1.165) is 24.5 Å². The molecule has 0 saturated carbocycles. The lowest BCUT2D eigenvalue weighted by atomic mass is 10.3. The molecule has 12 heavy (non-hydrogen) atoms. The monoisotopic (exact) mass is 163 g/mol. The minimum absolute atomic E-state index is 0.736. The van der Waals surface area contributed by atoms with Crippen LogP contribution in [0.25, 0.3) is 0 Å². The lowest BCUT2D eigenvalue weighted by molar-refractivity contribution is 0.930. The average molecular weight is 163 g/mol. The van der Waals surface area contributed by atoms with Crippen LogP contribution >= 0.6 is 0 Å². The molecule has 1 rings (SSSR count). The Hall–Kier alpha value is -1.38. The molecule has 1 aromatic rings. The normalized spacial score (nSPS) is 9.42. The number of anilines is 1. The summed E-state index contributed by atoms with van der Waals surface area (Å²) < 4.78 is 0.